The molecule has 1 heterocycles. The van der Waals surface area contributed by atoms with Crippen LogP contribution in [-0.4, -0.2) is 31.4 Å². The van der Waals surface area contributed by atoms with Gasteiger partial charge in [-0.3, -0.25) is 0 Å². The molecule has 2 atom stereocenters. The minimum absolute atomic E-state index is 0.199. The van der Waals surface area contributed by atoms with E-state index < -0.39 is 5.97 Å². The number of ether oxygens (including phenoxy) is 4. The standard InChI is InChI=1S/C29H40O5/c1-3-5-6-7-8-9-10-11-21-31-24-15-13-23(14-16-24)29(30)33-26-19-17-25(18-20-26)32-22-28-27(34-28)12-4-2/h13-20,27-28H,3-12,21-22H2,1-2H3/t27-,28-/m0/s1. The maximum atomic E-state index is 12.4. The van der Waals surface area contributed by atoms with E-state index in [0.717, 1.165) is 30.8 Å². The van der Waals surface area contributed by atoms with E-state index in [1.54, 1.807) is 24.3 Å². The van der Waals surface area contributed by atoms with Gasteiger partial charge in [0.05, 0.1) is 18.3 Å². The molecule has 1 aliphatic heterocycles. The quantitative estimate of drug-likeness (QED) is 0.105. The summed E-state index contributed by atoms with van der Waals surface area (Å²) in [5.41, 5.74) is 0.493. The first-order chi connectivity index (χ1) is 16.7. The highest BCUT2D eigenvalue weighted by atomic mass is 16.6. The fraction of sp³-hybridized carbons (Fsp3) is 0.552. The van der Waals surface area contributed by atoms with Crippen molar-refractivity contribution in [3.8, 4) is 17.2 Å². The Bertz CT molecular complexity index is 831. The maximum Gasteiger partial charge on any atom is 0.343 e. The molecule has 0 aliphatic carbocycles. The molecular weight excluding hydrogens is 428 g/mol. The van der Waals surface area contributed by atoms with Gasteiger partial charge in [-0.2, -0.15) is 0 Å². The van der Waals surface area contributed by atoms with Crippen LogP contribution in [0.5, 0.6) is 17.2 Å². The minimum atomic E-state index is -0.392. The first-order valence-corrected chi connectivity index (χ1v) is 13.0. The SMILES string of the molecule is CCCCCCCCCCOc1ccc(C(=O)Oc2ccc(OC[C@@H]3O[C@H]3CCC)cc2)cc1. The summed E-state index contributed by atoms with van der Waals surface area (Å²) in [5.74, 6) is 1.61. The van der Waals surface area contributed by atoms with E-state index in [1.807, 2.05) is 24.3 Å². The number of hydrogen-bond donors (Lipinski definition) is 0. The van der Waals surface area contributed by atoms with E-state index in [1.165, 1.54) is 44.9 Å². The molecule has 1 aliphatic rings. The van der Waals surface area contributed by atoms with Crippen LogP contribution in [0.3, 0.4) is 0 Å². The van der Waals surface area contributed by atoms with Crippen molar-refractivity contribution in [3.63, 3.8) is 0 Å². The number of benzene rings is 2. The third-order valence-electron chi connectivity index (χ3n) is 6.07. The highest BCUT2D eigenvalue weighted by molar-refractivity contribution is 5.91. The second-order valence-corrected chi connectivity index (χ2v) is 9.02. The Labute approximate surface area is 204 Å². The van der Waals surface area contributed by atoms with Crippen molar-refractivity contribution in [2.75, 3.05) is 13.2 Å². The molecule has 34 heavy (non-hydrogen) atoms. The van der Waals surface area contributed by atoms with Crippen molar-refractivity contribution in [1.29, 1.82) is 0 Å². The van der Waals surface area contributed by atoms with E-state index in [2.05, 4.69) is 13.8 Å². The number of unbranched alkanes of at least 4 members (excludes halogenated alkanes) is 7. The zero-order chi connectivity index (χ0) is 24.0. The normalized spacial score (nSPS) is 16.8. The molecule has 0 saturated carbocycles. The summed E-state index contributed by atoms with van der Waals surface area (Å²) in [4.78, 5) is 12.4. The number of esters is 1. The molecule has 186 valence electrons. The van der Waals surface area contributed by atoms with Crippen molar-refractivity contribution in [2.24, 2.45) is 0 Å². The summed E-state index contributed by atoms with van der Waals surface area (Å²) in [5, 5.41) is 0. The number of carbonyl (C=O) groups is 1. The molecule has 5 nitrogen and oxygen atoms in total. The van der Waals surface area contributed by atoms with Gasteiger partial charge in [0.1, 0.15) is 30.0 Å². The Balaban J connectivity index is 1.31. The zero-order valence-corrected chi connectivity index (χ0v) is 20.8. The predicted molar refractivity (Wildman–Crippen MR) is 135 cm³/mol. The van der Waals surface area contributed by atoms with Gasteiger partial charge < -0.3 is 18.9 Å². The fourth-order valence-electron chi connectivity index (χ4n) is 3.93. The summed E-state index contributed by atoms with van der Waals surface area (Å²) in [7, 11) is 0. The molecule has 2 aromatic carbocycles. The lowest BCUT2D eigenvalue weighted by molar-refractivity contribution is 0.0734. The van der Waals surface area contributed by atoms with Gasteiger partial charge in [-0.1, -0.05) is 65.2 Å². The summed E-state index contributed by atoms with van der Waals surface area (Å²) in [6.45, 7) is 5.66. The van der Waals surface area contributed by atoms with E-state index in [-0.39, 0.29) is 6.10 Å². The molecule has 1 saturated heterocycles. The highest BCUT2D eigenvalue weighted by Gasteiger charge is 2.38. The van der Waals surface area contributed by atoms with Crippen LogP contribution in [0.4, 0.5) is 0 Å². The van der Waals surface area contributed by atoms with Gasteiger partial charge in [0.2, 0.25) is 0 Å². The zero-order valence-electron chi connectivity index (χ0n) is 20.8. The highest BCUT2D eigenvalue weighted by Crippen LogP contribution is 2.28. The molecule has 0 spiro atoms. The molecule has 5 heteroatoms. The van der Waals surface area contributed by atoms with Gasteiger partial charge in [-0.15, -0.1) is 0 Å². The summed E-state index contributed by atoms with van der Waals surface area (Å²) < 4.78 is 22.6. The van der Waals surface area contributed by atoms with Crippen LogP contribution in [0.25, 0.3) is 0 Å². The number of carbonyl (C=O) groups excluding carboxylic acids is 1. The van der Waals surface area contributed by atoms with E-state index in [0.29, 0.717) is 30.6 Å². The molecule has 0 N–H and O–H groups in total. The first kappa shape index (κ1) is 26.1. The molecule has 0 unspecified atom stereocenters. The second kappa shape index (κ2) is 14.7. The lowest BCUT2D eigenvalue weighted by Crippen LogP contribution is -2.09. The molecule has 3 rings (SSSR count). The van der Waals surface area contributed by atoms with Crippen LogP contribution < -0.4 is 14.2 Å². The molecule has 1 fully saturated rings. The van der Waals surface area contributed by atoms with E-state index in [4.69, 9.17) is 18.9 Å². The van der Waals surface area contributed by atoms with Crippen molar-refractivity contribution >= 4 is 5.97 Å². The molecule has 0 aromatic heterocycles. The van der Waals surface area contributed by atoms with Crippen LogP contribution in [-0.2, 0) is 4.74 Å². The lowest BCUT2D eigenvalue weighted by atomic mass is 10.1. The summed E-state index contributed by atoms with van der Waals surface area (Å²) in [6, 6.07) is 14.2. The number of epoxide rings is 1. The van der Waals surface area contributed by atoms with Crippen LogP contribution in [0.15, 0.2) is 48.5 Å². The van der Waals surface area contributed by atoms with Gasteiger partial charge in [0.25, 0.3) is 0 Å². The molecule has 2 aromatic rings. The summed E-state index contributed by atoms with van der Waals surface area (Å²) >= 11 is 0. The molecular formula is C29H40O5. The molecule has 0 bridgehead atoms. The van der Waals surface area contributed by atoms with Gasteiger partial charge in [-0.05, 0) is 61.4 Å². The van der Waals surface area contributed by atoms with Crippen LogP contribution in [0, 0.1) is 0 Å². The van der Waals surface area contributed by atoms with Gasteiger partial charge >= 0.3 is 5.97 Å². The fourth-order valence-corrected chi connectivity index (χ4v) is 3.93. The average Bonchev–Trinajstić information content (AvgIpc) is 3.61. The van der Waals surface area contributed by atoms with Gasteiger partial charge in [-0.25, -0.2) is 4.79 Å². The average molecular weight is 469 g/mol. The van der Waals surface area contributed by atoms with Crippen molar-refractivity contribution in [1.82, 2.24) is 0 Å². The van der Waals surface area contributed by atoms with Crippen LogP contribution >= 0.6 is 0 Å². The number of rotatable bonds is 17. The van der Waals surface area contributed by atoms with Gasteiger partial charge in [0, 0.05) is 0 Å². The predicted octanol–water partition coefficient (Wildman–Crippen LogP) is 7.37. The largest absolute Gasteiger partial charge is 0.494 e. The smallest absolute Gasteiger partial charge is 0.343 e. The Kier molecular flexibility index (Phi) is 11.3. The monoisotopic (exact) mass is 468 g/mol. The van der Waals surface area contributed by atoms with Crippen LogP contribution in [0.1, 0.15) is 88.4 Å². The van der Waals surface area contributed by atoms with Crippen molar-refractivity contribution in [2.45, 2.75) is 90.3 Å². The second-order valence-electron chi connectivity index (χ2n) is 9.02. The Morgan fingerprint density at radius 3 is 1.97 bits per heavy atom. The van der Waals surface area contributed by atoms with Gasteiger partial charge in [0.15, 0.2) is 0 Å². The third kappa shape index (κ3) is 9.38. The Hall–Kier alpha value is -2.53. The first-order valence-electron chi connectivity index (χ1n) is 13.0. The molecule has 0 radical (unpaired) electrons. The minimum Gasteiger partial charge on any atom is -0.494 e. The number of hydrogen-bond acceptors (Lipinski definition) is 5. The van der Waals surface area contributed by atoms with Crippen molar-refractivity contribution in [3.05, 3.63) is 54.1 Å². The molecule has 0 amide bonds. The lowest BCUT2D eigenvalue weighted by Gasteiger charge is -2.09. The van der Waals surface area contributed by atoms with E-state index in [9.17, 15) is 4.79 Å². The van der Waals surface area contributed by atoms with E-state index >= 15 is 0 Å². The Morgan fingerprint density at radius 2 is 1.29 bits per heavy atom. The third-order valence-corrected chi connectivity index (χ3v) is 6.07. The Morgan fingerprint density at radius 1 is 0.706 bits per heavy atom. The van der Waals surface area contributed by atoms with Crippen LogP contribution in [0.2, 0.25) is 0 Å². The summed E-state index contributed by atoms with van der Waals surface area (Å²) in [6.07, 6.45) is 13.0. The van der Waals surface area contributed by atoms with Crippen molar-refractivity contribution < 1.29 is 23.7 Å². The maximum absolute atomic E-state index is 12.4. The topological polar surface area (TPSA) is 57.3 Å².